The van der Waals surface area contributed by atoms with Crippen LogP contribution in [0, 0.1) is 0 Å². The molecule has 6 nitrogen and oxygen atoms in total. The van der Waals surface area contributed by atoms with Crippen LogP contribution in [0.1, 0.15) is 24.9 Å². The lowest BCUT2D eigenvalue weighted by atomic mass is 10.1. The van der Waals surface area contributed by atoms with E-state index in [0.29, 0.717) is 13.2 Å². The summed E-state index contributed by atoms with van der Waals surface area (Å²) in [6, 6.07) is 5.37. The molecule has 0 spiro atoms. The summed E-state index contributed by atoms with van der Waals surface area (Å²) in [5.41, 5.74) is 0.973. The van der Waals surface area contributed by atoms with E-state index >= 15 is 0 Å². The topological polar surface area (TPSA) is 68.8 Å². The van der Waals surface area contributed by atoms with Crippen molar-refractivity contribution in [3.63, 3.8) is 0 Å². The summed E-state index contributed by atoms with van der Waals surface area (Å²) in [5.74, 6) is 1.46. The fourth-order valence-electron chi connectivity index (χ4n) is 1.93. The molecular weight excluding hydrogens is 260 g/mol. The molecule has 0 fully saturated rings. The summed E-state index contributed by atoms with van der Waals surface area (Å²) in [6.07, 6.45) is 0.794. The number of benzene rings is 1. The third-order valence-corrected chi connectivity index (χ3v) is 3.06. The first kappa shape index (κ1) is 14.5. The van der Waals surface area contributed by atoms with E-state index in [2.05, 4.69) is 10.6 Å². The zero-order valence-electron chi connectivity index (χ0n) is 11.8. The summed E-state index contributed by atoms with van der Waals surface area (Å²) in [5, 5.41) is 5.66. The molecule has 110 valence electrons. The Bertz CT molecular complexity index is 464. The SMILES string of the molecule is COCCCNC(=O)NC(C)c1ccc2c(c1)OCO2. The first-order valence-corrected chi connectivity index (χ1v) is 6.63. The quantitative estimate of drug-likeness (QED) is 0.780. The Kier molecular flexibility index (Phi) is 5.06. The first-order valence-electron chi connectivity index (χ1n) is 6.63. The second-order valence-corrected chi connectivity index (χ2v) is 4.58. The van der Waals surface area contributed by atoms with Gasteiger partial charge in [-0.2, -0.15) is 0 Å². The van der Waals surface area contributed by atoms with Crippen molar-refractivity contribution in [3.8, 4) is 11.5 Å². The maximum atomic E-state index is 11.7. The van der Waals surface area contributed by atoms with Crippen LogP contribution >= 0.6 is 0 Å². The van der Waals surface area contributed by atoms with Crippen LogP contribution in [0.15, 0.2) is 18.2 Å². The molecule has 1 aliphatic rings. The van der Waals surface area contributed by atoms with Gasteiger partial charge in [0.2, 0.25) is 6.79 Å². The second kappa shape index (κ2) is 7.00. The van der Waals surface area contributed by atoms with Gasteiger partial charge in [-0.3, -0.25) is 0 Å². The maximum Gasteiger partial charge on any atom is 0.315 e. The zero-order valence-corrected chi connectivity index (χ0v) is 11.8. The monoisotopic (exact) mass is 280 g/mol. The van der Waals surface area contributed by atoms with Gasteiger partial charge in [0, 0.05) is 20.3 Å². The van der Waals surface area contributed by atoms with E-state index < -0.39 is 0 Å². The van der Waals surface area contributed by atoms with E-state index in [9.17, 15) is 4.79 Å². The standard InChI is InChI=1S/C14H20N2O4/c1-10(16-14(17)15-6-3-7-18-2)11-4-5-12-13(8-11)20-9-19-12/h4-5,8,10H,3,6-7,9H2,1-2H3,(H2,15,16,17). The minimum atomic E-state index is -0.189. The molecule has 1 heterocycles. The predicted octanol–water partition coefficient (Wildman–Crippen LogP) is 1.81. The summed E-state index contributed by atoms with van der Waals surface area (Å²) in [4.78, 5) is 11.7. The molecular formula is C14H20N2O4. The Balaban J connectivity index is 1.82. The molecule has 2 amide bonds. The van der Waals surface area contributed by atoms with Crippen LogP contribution in [0.5, 0.6) is 11.5 Å². The Morgan fingerprint density at radius 3 is 3.00 bits per heavy atom. The number of nitrogens with one attached hydrogen (secondary N) is 2. The summed E-state index contributed by atoms with van der Waals surface area (Å²) < 4.78 is 15.5. The number of ether oxygens (including phenoxy) is 3. The van der Waals surface area contributed by atoms with Crippen molar-refractivity contribution in [1.82, 2.24) is 10.6 Å². The highest BCUT2D eigenvalue weighted by molar-refractivity contribution is 5.74. The molecule has 0 radical (unpaired) electrons. The molecule has 0 bridgehead atoms. The van der Waals surface area contributed by atoms with Gasteiger partial charge in [0.25, 0.3) is 0 Å². The highest BCUT2D eigenvalue weighted by atomic mass is 16.7. The largest absolute Gasteiger partial charge is 0.454 e. The number of fused-ring (bicyclic) bond motifs is 1. The lowest BCUT2D eigenvalue weighted by Gasteiger charge is -2.15. The second-order valence-electron chi connectivity index (χ2n) is 4.58. The highest BCUT2D eigenvalue weighted by Crippen LogP contribution is 2.34. The molecule has 1 unspecified atom stereocenters. The third-order valence-electron chi connectivity index (χ3n) is 3.06. The van der Waals surface area contributed by atoms with E-state index in [0.717, 1.165) is 23.5 Å². The molecule has 1 aromatic rings. The summed E-state index contributed by atoms with van der Waals surface area (Å²) in [6.45, 7) is 3.40. The van der Waals surface area contributed by atoms with Gasteiger partial charge in [-0.25, -0.2) is 4.79 Å². The number of carbonyl (C=O) groups is 1. The van der Waals surface area contributed by atoms with Crippen molar-refractivity contribution in [3.05, 3.63) is 23.8 Å². The van der Waals surface area contributed by atoms with Crippen molar-refractivity contribution < 1.29 is 19.0 Å². The molecule has 0 saturated carbocycles. The van der Waals surface area contributed by atoms with Gasteiger partial charge in [0.15, 0.2) is 11.5 Å². The molecule has 0 aromatic heterocycles. The number of carbonyl (C=O) groups excluding carboxylic acids is 1. The number of urea groups is 1. The van der Waals surface area contributed by atoms with Crippen molar-refractivity contribution in [2.24, 2.45) is 0 Å². The average Bonchev–Trinajstić information content (AvgIpc) is 2.90. The smallest absolute Gasteiger partial charge is 0.315 e. The predicted molar refractivity (Wildman–Crippen MR) is 74.0 cm³/mol. The normalized spacial score (nSPS) is 13.9. The van der Waals surface area contributed by atoms with Gasteiger partial charge in [-0.15, -0.1) is 0 Å². The van der Waals surface area contributed by atoms with Crippen LogP contribution in [0.3, 0.4) is 0 Å². The molecule has 1 atom stereocenters. The number of hydrogen-bond donors (Lipinski definition) is 2. The fraction of sp³-hybridized carbons (Fsp3) is 0.500. The summed E-state index contributed by atoms with van der Waals surface area (Å²) >= 11 is 0. The molecule has 2 N–H and O–H groups in total. The van der Waals surface area contributed by atoms with E-state index in [1.54, 1.807) is 7.11 Å². The number of rotatable bonds is 6. The van der Waals surface area contributed by atoms with Gasteiger partial charge in [0.05, 0.1) is 6.04 Å². The molecule has 0 saturated heterocycles. The Morgan fingerprint density at radius 1 is 1.40 bits per heavy atom. The molecule has 1 aromatic carbocycles. The van der Waals surface area contributed by atoms with Crippen molar-refractivity contribution in [2.45, 2.75) is 19.4 Å². The Hall–Kier alpha value is -1.95. The number of amides is 2. The Labute approximate surface area is 118 Å². The lowest BCUT2D eigenvalue weighted by Crippen LogP contribution is -2.37. The van der Waals surface area contributed by atoms with Crippen molar-refractivity contribution in [1.29, 1.82) is 0 Å². The van der Waals surface area contributed by atoms with E-state index in [4.69, 9.17) is 14.2 Å². The van der Waals surface area contributed by atoms with Crippen LogP contribution in [-0.2, 0) is 4.74 Å². The maximum absolute atomic E-state index is 11.7. The van der Waals surface area contributed by atoms with Gasteiger partial charge >= 0.3 is 6.03 Å². The third kappa shape index (κ3) is 3.77. The van der Waals surface area contributed by atoms with Crippen LogP contribution in [0.4, 0.5) is 4.79 Å². The number of methoxy groups -OCH3 is 1. The molecule has 1 aliphatic heterocycles. The van der Waals surface area contributed by atoms with Gasteiger partial charge in [-0.05, 0) is 31.0 Å². The fourth-order valence-corrected chi connectivity index (χ4v) is 1.93. The molecule has 6 heteroatoms. The van der Waals surface area contributed by atoms with Crippen molar-refractivity contribution >= 4 is 6.03 Å². The van der Waals surface area contributed by atoms with Gasteiger partial charge in [0.1, 0.15) is 0 Å². The van der Waals surface area contributed by atoms with Crippen LogP contribution < -0.4 is 20.1 Å². The van der Waals surface area contributed by atoms with Gasteiger partial charge < -0.3 is 24.8 Å². The lowest BCUT2D eigenvalue weighted by molar-refractivity contribution is 0.174. The molecule has 0 aliphatic carbocycles. The van der Waals surface area contributed by atoms with E-state index in [1.165, 1.54) is 0 Å². The van der Waals surface area contributed by atoms with Crippen molar-refractivity contribution in [2.75, 3.05) is 27.1 Å². The minimum absolute atomic E-state index is 0.105. The van der Waals surface area contributed by atoms with Crippen LogP contribution in [0.25, 0.3) is 0 Å². The van der Waals surface area contributed by atoms with Crippen LogP contribution in [-0.4, -0.2) is 33.1 Å². The average molecular weight is 280 g/mol. The van der Waals surface area contributed by atoms with Gasteiger partial charge in [-0.1, -0.05) is 6.07 Å². The minimum Gasteiger partial charge on any atom is -0.454 e. The molecule has 2 rings (SSSR count). The first-order chi connectivity index (χ1) is 9.70. The molecule has 20 heavy (non-hydrogen) atoms. The van der Waals surface area contributed by atoms with E-state index in [-0.39, 0.29) is 18.9 Å². The summed E-state index contributed by atoms with van der Waals surface area (Å²) in [7, 11) is 1.64. The van der Waals surface area contributed by atoms with Crippen LogP contribution in [0.2, 0.25) is 0 Å². The number of hydrogen-bond acceptors (Lipinski definition) is 4. The zero-order chi connectivity index (χ0) is 14.4. The van der Waals surface area contributed by atoms with E-state index in [1.807, 2.05) is 25.1 Å². The Morgan fingerprint density at radius 2 is 2.20 bits per heavy atom. The highest BCUT2D eigenvalue weighted by Gasteiger charge is 2.16.